The molecule has 4 rings (SSSR count). The Morgan fingerprint density at radius 2 is 0.587 bits per heavy atom. The third-order valence-electron chi connectivity index (χ3n) is 6.88. The number of carboxylic acid groups (broad SMARTS) is 4. The van der Waals surface area contributed by atoms with E-state index in [9.17, 15) is 39.6 Å². The first-order valence-corrected chi connectivity index (χ1v) is 17.0. The Bertz CT molecular complexity index is 1610. The Labute approximate surface area is 313 Å². The average molecular weight is 964 g/mol. The highest BCUT2D eigenvalue weighted by Gasteiger charge is 2.34. The van der Waals surface area contributed by atoms with Crippen LogP contribution >= 0.6 is 110 Å². The molecule has 0 fully saturated rings. The van der Waals surface area contributed by atoms with Crippen molar-refractivity contribution < 1.29 is 39.6 Å². The Morgan fingerprint density at radius 3 is 0.717 bits per heavy atom. The van der Waals surface area contributed by atoms with Crippen molar-refractivity contribution in [1.29, 1.82) is 0 Å². The van der Waals surface area contributed by atoms with E-state index in [0.717, 1.165) is 0 Å². The van der Waals surface area contributed by atoms with Crippen LogP contribution in [0.15, 0.2) is 66.4 Å². The third kappa shape index (κ3) is 7.29. The lowest BCUT2D eigenvalue weighted by Gasteiger charge is -2.31. The number of rotatable bonds is 9. The smallest absolute Gasteiger partial charge is 0.338 e. The molecule has 0 aliphatic rings. The molecule has 4 aromatic rings. The maximum Gasteiger partial charge on any atom is 0.338 e. The minimum atomic E-state index is -1.30. The van der Waals surface area contributed by atoms with Gasteiger partial charge in [0.25, 0.3) is 0 Å². The fraction of sp³-hybridized carbons (Fsp3) is 0.0667. The first kappa shape index (κ1) is 36.7. The zero-order valence-electron chi connectivity index (χ0n) is 22.2. The van der Waals surface area contributed by atoms with Gasteiger partial charge in [0.05, 0.1) is 42.3 Å². The molecule has 4 N–H and O–H groups in total. The molecule has 0 radical (unpaired) electrons. The SMILES string of the molecule is O=C(O)c1c(Cl)cc(C(c2cc(Cl)c(C(=O)O)c(Br)c2)C(c2cc(Cl)c(C(=O)O)c(Br)c2)c2cc(Cl)c(C(=O)O)c(Br)c2)cc1Br. The highest BCUT2D eigenvalue weighted by atomic mass is 79.9. The summed E-state index contributed by atoms with van der Waals surface area (Å²) in [5.74, 6) is -6.99. The van der Waals surface area contributed by atoms with E-state index >= 15 is 0 Å². The Hall–Kier alpha value is -2.16. The van der Waals surface area contributed by atoms with Crippen molar-refractivity contribution in [3.05, 3.63) is 131 Å². The van der Waals surface area contributed by atoms with Gasteiger partial charge in [0.1, 0.15) is 0 Å². The molecule has 0 unspecified atom stereocenters. The van der Waals surface area contributed by atoms with Gasteiger partial charge in [0.2, 0.25) is 0 Å². The second kappa shape index (κ2) is 14.5. The number of hydrogen-bond acceptors (Lipinski definition) is 4. The van der Waals surface area contributed by atoms with Crippen LogP contribution in [0.4, 0.5) is 0 Å². The van der Waals surface area contributed by atoms with Gasteiger partial charge in [-0.05, 0) is 135 Å². The van der Waals surface area contributed by atoms with Crippen LogP contribution in [0.3, 0.4) is 0 Å². The monoisotopic (exact) mass is 958 g/mol. The normalized spacial score (nSPS) is 11.3. The quantitative estimate of drug-likeness (QED) is 0.130. The standard InChI is InChI=1S/C30H14Br4Cl4O8/c31-13-1-9(5-17(35)23(13)27(39)40)21(10-2-14(32)24(28(41)42)18(36)6-10)22(11-3-15(33)25(29(43)44)19(37)7-11)12-4-16(34)26(30(45)46)20(38)8-12/h1-8,21-22H,(H,39,40)(H,41,42)(H,43,44)(H,45,46). The molecule has 16 heteroatoms. The first-order valence-electron chi connectivity index (χ1n) is 12.3. The molecule has 46 heavy (non-hydrogen) atoms. The van der Waals surface area contributed by atoms with E-state index in [-0.39, 0.29) is 60.2 Å². The van der Waals surface area contributed by atoms with E-state index in [2.05, 4.69) is 63.7 Å². The lowest BCUT2D eigenvalue weighted by atomic mass is 9.73. The van der Waals surface area contributed by atoms with Crippen LogP contribution in [0.5, 0.6) is 0 Å². The molecule has 8 nitrogen and oxygen atoms in total. The number of hydrogen-bond donors (Lipinski definition) is 4. The van der Waals surface area contributed by atoms with Crippen molar-refractivity contribution in [1.82, 2.24) is 0 Å². The summed E-state index contributed by atoms with van der Waals surface area (Å²) in [6, 6.07) is 11.8. The van der Waals surface area contributed by atoms with E-state index in [4.69, 9.17) is 46.4 Å². The van der Waals surface area contributed by atoms with E-state index in [1.165, 1.54) is 48.5 Å². The largest absolute Gasteiger partial charge is 0.478 e. The van der Waals surface area contributed by atoms with Crippen molar-refractivity contribution in [3.63, 3.8) is 0 Å². The minimum Gasteiger partial charge on any atom is -0.478 e. The molecule has 0 amide bonds. The van der Waals surface area contributed by atoms with Crippen LogP contribution in [-0.4, -0.2) is 44.3 Å². The van der Waals surface area contributed by atoms with Gasteiger partial charge in [0, 0.05) is 29.7 Å². The number of halogens is 8. The van der Waals surface area contributed by atoms with Gasteiger partial charge in [-0.15, -0.1) is 0 Å². The van der Waals surface area contributed by atoms with Crippen LogP contribution in [0.25, 0.3) is 0 Å². The summed E-state index contributed by atoms with van der Waals surface area (Å²) in [6.07, 6.45) is 0. The number of aromatic carboxylic acids is 4. The predicted molar refractivity (Wildman–Crippen MR) is 188 cm³/mol. The molecule has 0 saturated carbocycles. The molecule has 0 saturated heterocycles. The van der Waals surface area contributed by atoms with Gasteiger partial charge >= 0.3 is 23.9 Å². The highest BCUT2D eigenvalue weighted by Crippen LogP contribution is 2.49. The summed E-state index contributed by atoms with van der Waals surface area (Å²) in [4.78, 5) is 47.8. The predicted octanol–water partition coefficient (Wildman–Crippen LogP) is 11.1. The molecule has 4 aromatic carbocycles. The van der Waals surface area contributed by atoms with Gasteiger partial charge in [-0.25, -0.2) is 19.2 Å². The Balaban J connectivity index is 2.20. The van der Waals surface area contributed by atoms with Crippen LogP contribution < -0.4 is 0 Å². The number of carboxylic acids is 4. The summed E-state index contributed by atoms with van der Waals surface area (Å²) in [6.45, 7) is 0. The molecule has 0 spiro atoms. The second-order valence-electron chi connectivity index (χ2n) is 9.61. The molecule has 0 aromatic heterocycles. The molecule has 0 bridgehead atoms. The molecule has 0 aliphatic carbocycles. The lowest BCUT2D eigenvalue weighted by molar-refractivity contribution is 0.0685. The van der Waals surface area contributed by atoms with Crippen LogP contribution in [0.2, 0.25) is 20.1 Å². The summed E-state index contributed by atoms with van der Waals surface area (Å²) in [7, 11) is 0. The molecule has 0 heterocycles. The fourth-order valence-electron chi connectivity index (χ4n) is 5.06. The molecule has 238 valence electrons. The summed E-state index contributed by atoms with van der Waals surface area (Å²) in [5, 5.41) is 38.5. The number of carbonyl (C=O) groups is 4. The summed E-state index contributed by atoms with van der Waals surface area (Å²) in [5.41, 5.74) is 0.764. The van der Waals surface area contributed by atoms with E-state index in [0.29, 0.717) is 22.3 Å². The Morgan fingerprint density at radius 1 is 0.413 bits per heavy atom. The second-order valence-corrected chi connectivity index (χ2v) is 14.7. The van der Waals surface area contributed by atoms with Crippen molar-refractivity contribution in [2.75, 3.05) is 0 Å². The lowest BCUT2D eigenvalue weighted by Crippen LogP contribution is -2.17. The van der Waals surface area contributed by atoms with Crippen molar-refractivity contribution in [2.45, 2.75) is 11.8 Å². The molecular weight excluding hydrogens is 950 g/mol. The van der Waals surface area contributed by atoms with Crippen molar-refractivity contribution in [3.8, 4) is 0 Å². The van der Waals surface area contributed by atoms with Crippen LogP contribution in [0, 0.1) is 0 Å². The molecular formula is C30H14Br4Cl4O8. The summed E-state index contributed by atoms with van der Waals surface area (Å²) < 4.78 is 0.498. The van der Waals surface area contributed by atoms with E-state index in [1.54, 1.807) is 0 Å². The molecule has 0 atom stereocenters. The van der Waals surface area contributed by atoms with E-state index < -0.39 is 35.7 Å². The topological polar surface area (TPSA) is 149 Å². The van der Waals surface area contributed by atoms with Crippen LogP contribution in [-0.2, 0) is 0 Å². The third-order valence-corrected chi connectivity index (χ3v) is 10.6. The van der Waals surface area contributed by atoms with Gasteiger partial charge in [-0.3, -0.25) is 0 Å². The van der Waals surface area contributed by atoms with Crippen LogP contribution in [0.1, 0.15) is 75.5 Å². The van der Waals surface area contributed by atoms with Gasteiger partial charge in [0.15, 0.2) is 0 Å². The van der Waals surface area contributed by atoms with E-state index in [1.807, 2.05) is 0 Å². The Kier molecular flexibility index (Phi) is 11.6. The number of benzene rings is 4. The fourth-order valence-corrected chi connectivity index (χ4v) is 9.34. The molecule has 0 aliphatic heterocycles. The minimum absolute atomic E-state index is 0.124. The van der Waals surface area contributed by atoms with Crippen molar-refractivity contribution in [2.24, 2.45) is 0 Å². The summed E-state index contributed by atoms with van der Waals surface area (Å²) >= 11 is 39.1. The highest BCUT2D eigenvalue weighted by molar-refractivity contribution is 9.11. The van der Waals surface area contributed by atoms with Crippen molar-refractivity contribution >= 4 is 134 Å². The zero-order chi connectivity index (χ0) is 34.4. The maximum atomic E-state index is 12.0. The first-order chi connectivity index (χ1) is 21.4. The van der Waals surface area contributed by atoms with Gasteiger partial charge in [-0.2, -0.15) is 0 Å². The maximum absolute atomic E-state index is 12.0. The average Bonchev–Trinajstić information content (AvgIpc) is 2.88. The van der Waals surface area contributed by atoms with Gasteiger partial charge < -0.3 is 20.4 Å². The zero-order valence-corrected chi connectivity index (χ0v) is 31.6. The van der Waals surface area contributed by atoms with Gasteiger partial charge in [-0.1, -0.05) is 46.4 Å².